The first-order valence-corrected chi connectivity index (χ1v) is 5.48. The van der Waals surface area contributed by atoms with E-state index < -0.39 is 0 Å². The van der Waals surface area contributed by atoms with Gasteiger partial charge < -0.3 is 10.5 Å². The van der Waals surface area contributed by atoms with Crippen LogP contribution in [0, 0.1) is 5.92 Å². The zero-order chi connectivity index (χ0) is 10.8. The van der Waals surface area contributed by atoms with Crippen molar-refractivity contribution in [1.82, 2.24) is 4.90 Å². The van der Waals surface area contributed by atoms with Crippen molar-refractivity contribution >= 4 is 0 Å². The van der Waals surface area contributed by atoms with Gasteiger partial charge in [-0.3, -0.25) is 4.90 Å². The molecule has 0 aromatic heterocycles. The maximum Gasteiger partial charge on any atom is 0.0615 e. The molecule has 84 valence electrons. The average Bonchev–Trinajstić information content (AvgIpc) is 2.99. The Morgan fingerprint density at radius 2 is 2.14 bits per heavy atom. The predicted molar refractivity (Wildman–Crippen MR) is 59.3 cm³/mol. The molecule has 3 heteroatoms. The standard InChI is InChI=1S/C11H24N2O/c1-9(7-14-4)13(3)11(2,8-12)10-5-6-10/h9-10H,5-8,12H2,1-4H3. The molecule has 2 N–H and O–H groups in total. The summed E-state index contributed by atoms with van der Waals surface area (Å²) in [6.07, 6.45) is 2.66. The van der Waals surface area contributed by atoms with E-state index in [9.17, 15) is 0 Å². The molecule has 0 aromatic carbocycles. The number of hydrogen-bond acceptors (Lipinski definition) is 3. The van der Waals surface area contributed by atoms with Gasteiger partial charge in [-0.1, -0.05) is 0 Å². The van der Waals surface area contributed by atoms with Crippen LogP contribution in [0.5, 0.6) is 0 Å². The van der Waals surface area contributed by atoms with Gasteiger partial charge in [0, 0.05) is 25.2 Å². The second-order valence-corrected chi connectivity index (χ2v) is 4.75. The highest BCUT2D eigenvalue weighted by Crippen LogP contribution is 2.42. The van der Waals surface area contributed by atoms with Crippen molar-refractivity contribution in [2.45, 2.75) is 38.3 Å². The number of hydrogen-bond donors (Lipinski definition) is 1. The Bertz CT molecular complexity index is 182. The summed E-state index contributed by atoms with van der Waals surface area (Å²) >= 11 is 0. The van der Waals surface area contributed by atoms with E-state index in [-0.39, 0.29) is 5.54 Å². The van der Waals surface area contributed by atoms with Gasteiger partial charge in [0.15, 0.2) is 0 Å². The van der Waals surface area contributed by atoms with E-state index in [0.717, 1.165) is 19.1 Å². The molecule has 14 heavy (non-hydrogen) atoms. The Balaban J connectivity index is 2.58. The van der Waals surface area contributed by atoms with Crippen molar-refractivity contribution in [2.75, 3.05) is 27.3 Å². The van der Waals surface area contributed by atoms with Gasteiger partial charge in [-0.2, -0.15) is 0 Å². The molecule has 1 fully saturated rings. The summed E-state index contributed by atoms with van der Waals surface area (Å²) < 4.78 is 5.18. The first-order chi connectivity index (χ1) is 6.56. The summed E-state index contributed by atoms with van der Waals surface area (Å²) in [5.74, 6) is 0.789. The van der Waals surface area contributed by atoms with E-state index in [4.69, 9.17) is 10.5 Å². The summed E-state index contributed by atoms with van der Waals surface area (Å²) in [6.45, 7) is 5.98. The Morgan fingerprint density at radius 3 is 2.50 bits per heavy atom. The van der Waals surface area contributed by atoms with Crippen LogP contribution < -0.4 is 5.73 Å². The Kier molecular flexibility index (Phi) is 3.93. The molecule has 0 saturated heterocycles. The highest BCUT2D eigenvalue weighted by atomic mass is 16.5. The third kappa shape index (κ3) is 2.27. The summed E-state index contributed by atoms with van der Waals surface area (Å²) in [7, 11) is 3.91. The number of nitrogens with two attached hydrogens (primary N) is 1. The van der Waals surface area contributed by atoms with Crippen molar-refractivity contribution in [1.29, 1.82) is 0 Å². The second-order valence-electron chi connectivity index (χ2n) is 4.75. The van der Waals surface area contributed by atoms with Crippen molar-refractivity contribution in [2.24, 2.45) is 11.7 Å². The van der Waals surface area contributed by atoms with Gasteiger partial charge in [-0.25, -0.2) is 0 Å². The van der Waals surface area contributed by atoms with E-state index >= 15 is 0 Å². The minimum Gasteiger partial charge on any atom is -0.383 e. The fourth-order valence-electron chi connectivity index (χ4n) is 2.16. The quantitative estimate of drug-likeness (QED) is 0.697. The SMILES string of the molecule is COCC(C)N(C)C(C)(CN)C1CC1. The second kappa shape index (κ2) is 4.60. The van der Waals surface area contributed by atoms with Gasteiger partial charge in [0.25, 0.3) is 0 Å². The largest absolute Gasteiger partial charge is 0.383 e. The van der Waals surface area contributed by atoms with Crippen molar-refractivity contribution in [3.05, 3.63) is 0 Å². The average molecular weight is 200 g/mol. The lowest BCUT2D eigenvalue weighted by Gasteiger charge is -2.42. The van der Waals surface area contributed by atoms with Gasteiger partial charge in [0.2, 0.25) is 0 Å². The molecule has 1 rings (SSSR count). The number of likely N-dealkylation sites (N-methyl/N-ethyl adjacent to an activating group) is 1. The molecule has 1 aliphatic rings. The lowest BCUT2D eigenvalue weighted by Crippen LogP contribution is -2.55. The summed E-state index contributed by atoms with van der Waals surface area (Å²) in [4.78, 5) is 2.38. The highest BCUT2D eigenvalue weighted by molar-refractivity contribution is 5.00. The third-order valence-electron chi connectivity index (χ3n) is 3.74. The zero-order valence-electron chi connectivity index (χ0n) is 9.92. The maximum absolute atomic E-state index is 5.90. The lowest BCUT2D eigenvalue weighted by molar-refractivity contribution is 0.0354. The molecule has 1 saturated carbocycles. The van der Waals surface area contributed by atoms with E-state index in [1.54, 1.807) is 7.11 Å². The fourth-order valence-corrected chi connectivity index (χ4v) is 2.16. The van der Waals surface area contributed by atoms with E-state index in [0.29, 0.717) is 6.04 Å². The molecule has 1 aliphatic carbocycles. The minimum atomic E-state index is 0.165. The molecule has 2 unspecified atom stereocenters. The molecule has 0 aromatic rings. The molecular weight excluding hydrogens is 176 g/mol. The molecule has 0 aliphatic heterocycles. The molecule has 0 radical (unpaired) electrons. The van der Waals surface area contributed by atoms with Crippen LogP contribution in [0.3, 0.4) is 0 Å². The van der Waals surface area contributed by atoms with Crippen LogP contribution in [0.2, 0.25) is 0 Å². The molecule has 0 amide bonds. The van der Waals surface area contributed by atoms with Crippen LogP contribution in [0.15, 0.2) is 0 Å². The zero-order valence-corrected chi connectivity index (χ0v) is 9.92. The van der Waals surface area contributed by atoms with Crippen molar-refractivity contribution in [3.8, 4) is 0 Å². The Hall–Kier alpha value is -0.120. The van der Waals surface area contributed by atoms with Gasteiger partial charge in [0.05, 0.1) is 6.61 Å². The first-order valence-electron chi connectivity index (χ1n) is 5.48. The highest BCUT2D eigenvalue weighted by Gasteiger charge is 2.44. The Morgan fingerprint density at radius 1 is 1.57 bits per heavy atom. The van der Waals surface area contributed by atoms with Crippen LogP contribution in [0.25, 0.3) is 0 Å². The number of ether oxygens (including phenoxy) is 1. The van der Waals surface area contributed by atoms with Gasteiger partial charge in [-0.05, 0) is 39.7 Å². The van der Waals surface area contributed by atoms with Crippen LogP contribution in [0.1, 0.15) is 26.7 Å². The minimum absolute atomic E-state index is 0.165. The number of rotatable bonds is 6. The van der Waals surface area contributed by atoms with Crippen LogP contribution in [0.4, 0.5) is 0 Å². The van der Waals surface area contributed by atoms with Crippen molar-refractivity contribution in [3.63, 3.8) is 0 Å². The fraction of sp³-hybridized carbons (Fsp3) is 1.00. The third-order valence-corrected chi connectivity index (χ3v) is 3.74. The molecule has 0 bridgehead atoms. The lowest BCUT2D eigenvalue weighted by atomic mass is 9.92. The van der Waals surface area contributed by atoms with Crippen LogP contribution in [-0.4, -0.2) is 43.8 Å². The van der Waals surface area contributed by atoms with Crippen LogP contribution >= 0.6 is 0 Å². The summed E-state index contributed by atoms with van der Waals surface area (Å²) in [6, 6.07) is 0.439. The Labute approximate surface area is 87.6 Å². The first kappa shape index (κ1) is 12.0. The topological polar surface area (TPSA) is 38.5 Å². The molecule has 0 heterocycles. The molecule has 0 spiro atoms. The number of methoxy groups -OCH3 is 1. The summed E-state index contributed by atoms with van der Waals surface area (Å²) in [5, 5.41) is 0. The molecular formula is C11H24N2O. The molecule has 3 nitrogen and oxygen atoms in total. The summed E-state index contributed by atoms with van der Waals surface area (Å²) in [5.41, 5.74) is 6.06. The number of nitrogens with zero attached hydrogens (tertiary/aromatic N) is 1. The normalized spacial score (nSPS) is 23.6. The predicted octanol–water partition coefficient (Wildman–Crippen LogP) is 1.08. The van der Waals surface area contributed by atoms with E-state index in [2.05, 4.69) is 25.8 Å². The maximum atomic E-state index is 5.90. The van der Waals surface area contributed by atoms with Gasteiger partial charge in [0.1, 0.15) is 0 Å². The van der Waals surface area contributed by atoms with Gasteiger partial charge in [-0.15, -0.1) is 0 Å². The van der Waals surface area contributed by atoms with Gasteiger partial charge >= 0.3 is 0 Å². The monoisotopic (exact) mass is 200 g/mol. The molecule has 2 atom stereocenters. The van der Waals surface area contributed by atoms with Crippen LogP contribution in [-0.2, 0) is 4.74 Å². The van der Waals surface area contributed by atoms with E-state index in [1.165, 1.54) is 12.8 Å². The van der Waals surface area contributed by atoms with Crippen molar-refractivity contribution < 1.29 is 4.74 Å². The van der Waals surface area contributed by atoms with E-state index in [1.807, 2.05) is 0 Å². The smallest absolute Gasteiger partial charge is 0.0615 e.